The summed E-state index contributed by atoms with van der Waals surface area (Å²) in [5.74, 6) is -0.237. The number of carbonyl (C=O) groups is 2. The SMILES string of the molecule is CC1CCN(C(=O)CC2CCCCCC2)C1C(=O)O. The maximum absolute atomic E-state index is 12.3. The zero-order valence-electron chi connectivity index (χ0n) is 11.8. The molecule has 1 saturated carbocycles. The third-order valence-corrected chi connectivity index (χ3v) is 4.71. The van der Waals surface area contributed by atoms with Gasteiger partial charge in [0.25, 0.3) is 0 Å². The van der Waals surface area contributed by atoms with E-state index in [2.05, 4.69) is 0 Å². The Balaban J connectivity index is 1.93. The first-order chi connectivity index (χ1) is 9.09. The lowest BCUT2D eigenvalue weighted by Gasteiger charge is -2.25. The Morgan fingerprint density at radius 1 is 1.11 bits per heavy atom. The fraction of sp³-hybridized carbons (Fsp3) is 0.867. The van der Waals surface area contributed by atoms with Gasteiger partial charge in [-0.2, -0.15) is 0 Å². The minimum absolute atomic E-state index is 0.0589. The molecule has 0 aromatic rings. The van der Waals surface area contributed by atoms with Crippen molar-refractivity contribution >= 4 is 11.9 Å². The first kappa shape index (κ1) is 14.4. The van der Waals surface area contributed by atoms with Crippen LogP contribution >= 0.6 is 0 Å². The molecule has 2 rings (SSSR count). The van der Waals surface area contributed by atoms with Crippen LogP contribution in [0.3, 0.4) is 0 Å². The molecule has 2 atom stereocenters. The molecule has 1 heterocycles. The Morgan fingerprint density at radius 3 is 2.32 bits per heavy atom. The molecule has 108 valence electrons. The van der Waals surface area contributed by atoms with Crippen molar-refractivity contribution in [1.29, 1.82) is 0 Å². The smallest absolute Gasteiger partial charge is 0.326 e. The van der Waals surface area contributed by atoms with E-state index in [9.17, 15) is 14.7 Å². The molecule has 0 bridgehead atoms. The fourth-order valence-electron chi connectivity index (χ4n) is 3.54. The van der Waals surface area contributed by atoms with Crippen LogP contribution in [0.2, 0.25) is 0 Å². The van der Waals surface area contributed by atoms with Crippen LogP contribution in [0, 0.1) is 11.8 Å². The van der Waals surface area contributed by atoms with Crippen LogP contribution in [-0.4, -0.2) is 34.5 Å². The molecule has 2 unspecified atom stereocenters. The Labute approximate surface area is 115 Å². The predicted octanol–water partition coefficient (Wildman–Crippen LogP) is 2.67. The minimum Gasteiger partial charge on any atom is -0.480 e. The third kappa shape index (κ3) is 3.48. The van der Waals surface area contributed by atoms with E-state index in [1.807, 2.05) is 6.92 Å². The van der Waals surface area contributed by atoms with Crippen molar-refractivity contribution in [2.45, 2.75) is 64.3 Å². The molecule has 19 heavy (non-hydrogen) atoms. The van der Waals surface area contributed by atoms with Crippen LogP contribution in [0.4, 0.5) is 0 Å². The number of hydrogen-bond donors (Lipinski definition) is 1. The lowest BCUT2D eigenvalue weighted by molar-refractivity contribution is -0.149. The van der Waals surface area contributed by atoms with Crippen molar-refractivity contribution in [1.82, 2.24) is 4.90 Å². The van der Waals surface area contributed by atoms with Crippen LogP contribution in [-0.2, 0) is 9.59 Å². The summed E-state index contributed by atoms with van der Waals surface area (Å²) in [6.07, 6.45) is 8.63. The van der Waals surface area contributed by atoms with Gasteiger partial charge in [-0.3, -0.25) is 4.79 Å². The van der Waals surface area contributed by atoms with E-state index in [-0.39, 0.29) is 11.8 Å². The molecule has 1 aliphatic carbocycles. The lowest BCUT2D eigenvalue weighted by Crippen LogP contribution is -2.43. The van der Waals surface area contributed by atoms with Crippen molar-refractivity contribution < 1.29 is 14.7 Å². The molecule has 2 aliphatic rings. The van der Waals surface area contributed by atoms with E-state index in [4.69, 9.17) is 0 Å². The summed E-state index contributed by atoms with van der Waals surface area (Å²) in [6.45, 7) is 2.54. The number of nitrogens with zero attached hydrogens (tertiary/aromatic N) is 1. The van der Waals surface area contributed by atoms with Crippen molar-refractivity contribution in [3.05, 3.63) is 0 Å². The zero-order chi connectivity index (χ0) is 13.8. The molecular weight excluding hydrogens is 242 g/mol. The largest absolute Gasteiger partial charge is 0.480 e. The summed E-state index contributed by atoms with van der Waals surface area (Å²) in [6, 6.07) is -0.599. The van der Waals surface area contributed by atoms with E-state index in [0.29, 0.717) is 18.9 Å². The lowest BCUT2D eigenvalue weighted by atomic mass is 9.95. The van der Waals surface area contributed by atoms with Gasteiger partial charge in [-0.25, -0.2) is 4.79 Å². The summed E-state index contributed by atoms with van der Waals surface area (Å²) >= 11 is 0. The quantitative estimate of drug-likeness (QED) is 0.800. The Bertz CT molecular complexity index is 334. The molecule has 1 amide bonds. The average molecular weight is 267 g/mol. The summed E-state index contributed by atoms with van der Waals surface area (Å²) in [5, 5.41) is 9.26. The number of carbonyl (C=O) groups excluding carboxylic acids is 1. The van der Waals surface area contributed by atoms with Crippen LogP contribution in [0.1, 0.15) is 58.3 Å². The van der Waals surface area contributed by atoms with E-state index >= 15 is 0 Å². The normalized spacial score (nSPS) is 29.2. The van der Waals surface area contributed by atoms with Gasteiger partial charge >= 0.3 is 5.97 Å². The Kier molecular flexibility index (Phi) is 4.83. The van der Waals surface area contributed by atoms with Crippen molar-refractivity contribution in [3.8, 4) is 0 Å². The van der Waals surface area contributed by atoms with Crippen LogP contribution in [0.15, 0.2) is 0 Å². The molecule has 0 aromatic carbocycles. The number of aliphatic carboxylic acids is 1. The molecule has 1 saturated heterocycles. The highest BCUT2D eigenvalue weighted by Gasteiger charge is 2.39. The van der Waals surface area contributed by atoms with Gasteiger partial charge < -0.3 is 10.0 Å². The van der Waals surface area contributed by atoms with Gasteiger partial charge in [-0.1, -0.05) is 32.6 Å². The van der Waals surface area contributed by atoms with Crippen LogP contribution in [0.5, 0.6) is 0 Å². The van der Waals surface area contributed by atoms with Gasteiger partial charge in [0.2, 0.25) is 5.91 Å². The summed E-state index contributed by atoms with van der Waals surface area (Å²) in [7, 11) is 0. The van der Waals surface area contributed by atoms with E-state index in [0.717, 1.165) is 19.3 Å². The zero-order valence-corrected chi connectivity index (χ0v) is 11.8. The van der Waals surface area contributed by atoms with Crippen molar-refractivity contribution in [2.75, 3.05) is 6.54 Å². The highest BCUT2D eigenvalue weighted by Crippen LogP contribution is 2.29. The molecule has 4 heteroatoms. The Hall–Kier alpha value is -1.06. The number of hydrogen-bond acceptors (Lipinski definition) is 2. The molecule has 1 aliphatic heterocycles. The molecule has 0 aromatic heterocycles. The molecule has 4 nitrogen and oxygen atoms in total. The van der Waals surface area contributed by atoms with Gasteiger partial charge in [-0.15, -0.1) is 0 Å². The number of carboxylic acids is 1. The van der Waals surface area contributed by atoms with Crippen LogP contribution < -0.4 is 0 Å². The maximum atomic E-state index is 12.3. The molecule has 0 radical (unpaired) electrons. The summed E-state index contributed by atoms with van der Waals surface area (Å²) < 4.78 is 0. The third-order valence-electron chi connectivity index (χ3n) is 4.71. The molecule has 0 spiro atoms. The minimum atomic E-state index is -0.848. The van der Waals surface area contributed by atoms with Gasteiger partial charge in [0.15, 0.2) is 0 Å². The molecular formula is C15H25NO3. The highest BCUT2D eigenvalue weighted by atomic mass is 16.4. The van der Waals surface area contributed by atoms with E-state index < -0.39 is 12.0 Å². The second kappa shape index (κ2) is 6.40. The number of rotatable bonds is 3. The van der Waals surface area contributed by atoms with Gasteiger partial charge in [-0.05, 0) is 31.1 Å². The van der Waals surface area contributed by atoms with E-state index in [1.165, 1.54) is 25.7 Å². The van der Waals surface area contributed by atoms with E-state index in [1.54, 1.807) is 4.90 Å². The topological polar surface area (TPSA) is 57.6 Å². The Morgan fingerprint density at radius 2 is 1.74 bits per heavy atom. The van der Waals surface area contributed by atoms with Gasteiger partial charge in [0.1, 0.15) is 6.04 Å². The maximum Gasteiger partial charge on any atom is 0.326 e. The van der Waals surface area contributed by atoms with Gasteiger partial charge in [0, 0.05) is 13.0 Å². The predicted molar refractivity (Wildman–Crippen MR) is 72.7 cm³/mol. The second-order valence-electron chi connectivity index (χ2n) is 6.20. The van der Waals surface area contributed by atoms with Crippen molar-refractivity contribution in [2.24, 2.45) is 11.8 Å². The standard InChI is InChI=1S/C15H25NO3/c1-11-8-9-16(14(11)15(18)19)13(17)10-12-6-4-2-3-5-7-12/h11-12,14H,2-10H2,1H3,(H,18,19). The second-order valence-corrected chi connectivity index (χ2v) is 6.20. The van der Waals surface area contributed by atoms with Crippen molar-refractivity contribution in [3.63, 3.8) is 0 Å². The number of amides is 1. The molecule has 1 N–H and O–H groups in total. The van der Waals surface area contributed by atoms with Crippen LogP contribution in [0.25, 0.3) is 0 Å². The fourth-order valence-corrected chi connectivity index (χ4v) is 3.54. The monoisotopic (exact) mass is 267 g/mol. The first-order valence-corrected chi connectivity index (χ1v) is 7.62. The first-order valence-electron chi connectivity index (χ1n) is 7.62. The number of likely N-dealkylation sites (tertiary alicyclic amines) is 1. The highest BCUT2D eigenvalue weighted by molar-refractivity contribution is 5.84. The molecule has 2 fully saturated rings. The van der Waals surface area contributed by atoms with Gasteiger partial charge in [0.05, 0.1) is 0 Å². The average Bonchev–Trinajstić information content (AvgIpc) is 2.58. The summed E-state index contributed by atoms with van der Waals surface area (Å²) in [5.41, 5.74) is 0. The summed E-state index contributed by atoms with van der Waals surface area (Å²) in [4.78, 5) is 25.2. The number of carboxylic acid groups (broad SMARTS) is 1.